The summed E-state index contributed by atoms with van der Waals surface area (Å²) in [5.41, 5.74) is 4.68. The van der Waals surface area contributed by atoms with Crippen LogP contribution in [0, 0.1) is 0 Å². The second kappa shape index (κ2) is 4.38. The van der Waals surface area contributed by atoms with Crippen LogP contribution in [-0.4, -0.2) is 17.4 Å². The number of nitrogens with two attached hydrogens (primary N) is 1. The number of primary amides is 1. The summed E-state index contributed by atoms with van der Waals surface area (Å²) in [5, 5.41) is 0. The minimum atomic E-state index is -2.59. The largest absolute Gasteiger partial charge is 0.694 e. The van der Waals surface area contributed by atoms with Crippen LogP contribution in [0.5, 0.6) is 0 Å². The van der Waals surface area contributed by atoms with E-state index in [2.05, 4.69) is 10.3 Å². The molecule has 5 nitrogen and oxygen atoms in total. The molecule has 0 aliphatic carbocycles. The van der Waals surface area contributed by atoms with E-state index in [1.54, 1.807) is 0 Å². The van der Waals surface area contributed by atoms with Gasteiger partial charge in [0.25, 0.3) is 0 Å². The van der Waals surface area contributed by atoms with E-state index in [1.165, 1.54) is 0 Å². The molecule has 0 bridgehead atoms. The standard InChI is InChI=1S/C3H6NO4P/c4-3(5)1-2-8-9(6)7/h1-2H2,(H2-,4,5,6,7)/p+1. The van der Waals surface area contributed by atoms with Crippen LogP contribution in [0.15, 0.2) is 0 Å². The lowest BCUT2D eigenvalue weighted by molar-refractivity contribution is -0.118. The van der Waals surface area contributed by atoms with Crippen LogP contribution in [0.2, 0.25) is 0 Å². The van der Waals surface area contributed by atoms with Gasteiger partial charge in [0.05, 0.1) is 6.42 Å². The lowest BCUT2D eigenvalue weighted by Crippen LogP contribution is -2.12. The van der Waals surface area contributed by atoms with Gasteiger partial charge in [-0.3, -0.25) is 4.79 Å². The molecule has 3 N–H and O–H groups in total. The number of hydrogen-bond donors (Lipinski definition) is 2. The summed E-state index contributed by atoms with van der Waals surface area (Å²) in [6.07, 6.45) is -0.0262. The van der Waals surface area contributed by atoms with Crippen molar-refractivity contribution in [1.29, 1.82) is 0 Å². The zero-order valence-corrected chi connectivity index (χ0v) is 5.51. The van der Waals surface area contributed by atoms with Crippen molar-refractivity contribution in [2.75, 3.05) is 6.61 Å². The minimum Gasteiger partial charge on any atom is -0.370 e. The lowest BCUT2D eigenvalue weighted by atomic mass is 10.4. The predicted molar refractivity (Wildman–Crippen MR) is 29.6 cm³/mol. The van der Waals surface area contributed by atoms with Gasteiger partial charge in [0.2, 0.25) is 5.91 Å². The number of carbonyl (C=O) groups excluding carboxylic acids is 1. The first-order chi connectivity index (χ1) is 4.13. The Balaban J connectivity index is 3.10. The fraction of sp³-hybridized carbons (Fsp3) is 0.667. The third kappa shape index (κ3) is 7.49. The monoisotopic (exact) mass is 152 g/mol. The first-order valence-corrected chi connectivity index (χ1v) is 3.33. The van der Waals surface area contributed by atoms with E-state index >= 15 is 0 Å². The van der Waals surface area contributed by atoms with Crippen LogP contribution < -0.4 is 5.73 Å². The van der Waals surface area contributed by atoms with E-state index < -0.39 is 14.2 Å². The summed E-state index contributed by atoms with van der Waals surface area (Å²) in [7, 11) is -2.59. The maximum Gasteiger partial charge on any atom is 0.694 e. The third-order valence-corrected chi connectivity index (χ3v) is 0.954. The molecule has 0 aliphatic heterocycles. The first kappa shape index (κ1) is 8.49. The highest BCUT2D eigenvalue weighted by atomic mass is 31.1. The van der Waals surface area contributed by atoms with Gasteiger partial charge in [-0.1, -0.05) is 0 Å². The van der Waals surface area contributed by atoms with Crippen LogP contribution in [0.4, 0.5) is 0 Å². The quantitative estimate of drug-likeness (QED) is 0.532. The van der Waals surface area contributed by atoms with Gasteiger partial charge < -0.3 is 5.73 Å². The summed E-state index contributed by atoms with van der Waals surface area (Å²) in [4.78, 5) is 17.9. The van der Waals surface area contributed by atoms with Gasteiger partial charge in [-0.2, -0.15) is 0 Å². The Hall–Kier alpha value is -0.510. The molecule has 52 valence electrons. The molecular weight excluding hydrogens is 145 g/mol. The minimum absolute atomic E-state index is 0.0262. The molecular formula is C3H7NO4P+. The summed E-state index contributed by atoms with van der Waals surface area (Å²) < 4.78 is 13.9. The fourth-order valence-electron chi connectivity index (χ4n) is 0.224. The van der Waals surface area contributed by atoms with Gasteiger partial charge >= 0.3 is 8.25 Å². The van der Waals surface area contributed by atoms with Crippen molar-refractivity contribution >= 4 is 14.2 Å². The van der Waals surface area contributed by atoms with Crippen molar-refractivity contribution in [1.82, 2.24) is 0 Å². The highest BCUT2D eigenvalue weighted by Crippen LogP contribution is 2.13. The number of amides is 1. The average molecular weight is 152 g/mol. The zero-order chi connectivity index (χ0) is 7.28. The third-order valence-electron chi connectivity index (χ3n) is 0.550. The Bertz CT molecular complexity index is 111. The van der Waals surface area contributed by atoms with Gasteiger partial charge in [0.1, 0.15) is 6.61 Å². The van der Waals surface area contributed by atoms with E-state index in [0.29, 0.717) is 0 Å². The molecule has 1 unspecified atom stereocenters. The molecule has 1 atom stereocenters. The van der Waals surface area contributed by atoms with E-state index in [1.807, 2.05) is 0 Å². The number of rotatable bonds is 4. The van der Waals surface area contributed by atoms with Crippen molar-refractivity contribution in [2.45, 2.75) is 6.42 Å². The summed E-state index contributed by atoms with van der Waals surface area (Å²) >= 11 is 0. The first-order valence-electron chi connectivity index (χ1n) is 2.20. The van der Waals surface area contributed by atoms with Crippen molar-refractivity contribution in [3.63, 3.8) is 0 Å². The second-order valence-corrected chi connectivity index (χ2v) is 2.02. The Morgan fingerprint density at radius 3 is 2.67 bits per heavy atom. The van der Waals surface area contributed by atoms with Crippen molar-refractivity contribution in [3.8, 4) is 0 Å². The van der Waals surface area contributed by atoms with Crippen molar-refractivity contribution < 1.29 is 18.8 Å². The number of carbonyl (C=O) groups is 1. The molecule has 0 saturated heterocycles. The highest BCUT2D eigenvalue weighted by molar-refractivity contribution is 7.32. The molecule has 0 fully saturated rings. The Labute approximate surface area is 52.8 Å². The van der Waals surface area contributed by atoms with E-state index in [-0.39, 0.29) is 13.0 Å². The molecule has 0 aromatic rings. The molecule has 9 heavy (non-hydrogen) atoms. The van der Waals surface area contributed by atoms with Gasteiger partial charge in [-0.25, -0.2) is 0 Å². The Morgan fingerprint density at radius 2 is 2.33 bits per heavy atom. The van der Waals surface area contributed by atoms with Gasteiger partial charge in [0, 0.05) is 4.57 Å². The van der Waals surface area contributed by atoms with E-state index in [9.17, 15) is 9.36 Å². The molecule has 0 heterocycles. The smallest absolute Gasteiger partial charge is 0.370 e. The molecule has 0 aromatic carbocycles. The predicted octanol–water partition coefficient (Wildman–Crippen LogP) is -0.472. The maximum absolute atomic E-state index is 9.95. The van der Waals surface area contributed by atoms with Gasteiger partial charge in [-0.05, 0) is 0 Å². The molecule has 0 rings (SSSR count). The summed E-state index contributed by atoms with van der Waals surface area (Å²) in [5.74, 6) is -0.549. The maximum atomic E-state index is 9.95. The van der Waals surface area contributed by atoms with Gasteiger partial charge in [-0.15, -0.1) is 9.42 Å². The molecule has 0 spiro atoms. The van der Waals surface area contributed by atoms with E-state index in [4.69, 9.17) is 4.89 Å². The normalized spacial score (nSPS) is 11.0. The fourth-order valence-corrected chi connectivity index (χ4v) is 0.472. The highest BCUT2D eigenvalue weighted by Gasteiger charge is 2.11. The molecule has 0 aromatic heterocycles. The Kier molecular flexibility index (Phi) is 4.13. The molecule has 0 aliphatic rings. The van der Waals surface area contributed by atoms with E-state index in [0.717, 1.165) is 0 Å². The number of hydrogen-bond acceptors (Lipinski definition) is 3. The molecule has 0 saturated carbocycles. The average Bonchev–Trinajstić information content (AvgIpc) is 1.63. The molecule has 0 radical (unpaired) electrons. The summed E-state index contributed by atoms with van der Waals surface area (Å²) in [6, 6.07) is 0. The van der Waals surface area contributed by atoms with Crippen LogP contribution in [-0.2, 0) is 13.9 Å². The van der Waals surface area contributed by atoms with Crippen LogP contribution in [0.1, 0.15) is 6.42 Å². The van der Waals surface area contributed by atoms with Gasteiger partial charge in [0.15, 0.2) is 0 Å². The second-order valence-electron chi connectivity index (χ2n) is 1.29. The molecule has 6 heteroatoms. The van der Waals surface area contributed by atoms with Crippen molar-refractivity contribution in [3.05, 3.63) is 0 Å². The van der Waals surface area contributed by atoms with Crippen LogP contribution in [0.25, 0.3) is 0 Å². The zero-order valence-electron chi connectivity index (χ0n) is 4.61. The Morgan fingerprint density at radius 1 is 1.78 bits per heavy atom. The summed E-state index contributed by atoms with van der Waals surface area (Å²) in [6.45, 7) is -0.0962. The lowest BCUT2D eigenvalue weighted by Gasteiger charge is -1.84. The van der Waals surface area contributed by atoms with Crippen LogP contribution >= 0.6 is 8.25 Å². The topological polar surface area (TPSA) is 89.6 Å². The molecule has 1 amide bonds. The van der Waals surface area contributed by atoms with Crippen molar-refractivity contribution in [2.24, 2.45) is 5.73 Å². The SMILES string of the molecule is NC(=O)CCO[P+](=O)O. The van der Waals surface area contributed by atoms with Crippen LogP contribution in [0.3, 0.4) is 0 Å².